The molecule has 2 N–H and O–H groups in total. The monoisotopic (exact) mass is 421 g/mol. The van der Waals surface area contributed by atoms with Gasteiger partial charge >= 0.3 is 0 Å². The van der Waals surface area contributed by atoms with E-state index >= 15 is 0 Å². The molecule has 1 saturated heterocycles. The highest BCUT2D eigenvalue weighted by Crippen LogP contribution is 2.41. The van der Waals surface area contributed by atoms with Gasteiger partial charge in [-0.25, -0.2) is 9.97 Å². The molecule has 7 nitrogen and oxygen atoms in total. The largest absolute Gasteiger partial charge is 0.484 e. The van der Waals surface area contributed by atoms with Gasteiger partial charge in [-0.2, -0.15) is 0 Å². The number of piperazine rings is 1. The third kappa shape index (κ3) is 3.64. The molecule has 8 heteroatoms. The fourth-order valence-corrected chi connectivity index (χ4v) is 4.96. The number of fused-ring (bicyclic) bond motifs is 3. The Bertz CT molecular complexity index is 1100. The van der Waals surface area contributed by atoms with E-state index in [1.165, 1.54) is 22.5 Å². The fraction of sp³-hybridized carbons (Fsp3) is 0.318. The molecule has 0 radical (unpaired) electrons. The number of carbonyl (C=O) groups is 1. The van der Waals surface area contributed by atoms with Crippen LogP contribution in [0.2, 0.25) is 0 Å². The predicted octanol–water partition coefficient (Wildman–Crippen LogP) is 3.50. The molecule has 30 heavy (non-hydrogen) atoms. The maximum absolute atomic E-state index is 12.9. The topological polar surface area (TPSA) is 79.4 Å². The lowest BCUT2D eigenvalue weighted by atomic mass is 10.1. The van der Waals surface area contributed by atoms with Crippen molar-refractivity contribution in [1.82, 2.24) is 20.2 Å². The Labute approximate surface area is 179 Å². The number of aromatic nitrogens is 2. The first-order valence-corrected chi connectivity index (χ1v) is 10.9. The lowest BCUT2D eigenvalue weighted by molar-refractivity contribution is 0.0740. The summed E-state index contributed by atoms with van der Waals surface area (Å²) in [5.74, 6) is 1.24. The van der Waals surface area contributed by atoms with Crippen LogP contribution in [0.5, 0.6) is 5.75 Å². The first-order valence-electron chi connectivity index (χ1n) is 10.0. The molecule has 0 unspecified atom stereocenters. The van der Waals surface area contributed by atoms with E-state index in [4.69, 9.17) is 9.72 Å². The van der Waals surface area contributed by atoms with Gasteiger partial charge in [-0.1, -0.05) is 6.07 Å². The van der Waals surface area contributed by atoms with Gasteiger partial charge in [-0.15, -0.1) is 11.3 Å². The van der Waals surface area contributed by atoms with Gasteiger partial charge in [0.2, 0.25) is 5.95 Å². The molecule has 5 rings (SSSR count). The molecule has 0 saturated carbocycles. The van der Waals surface area contributed by atoms with Gasteiger partial charge in [0.15, 0.2) is 5.75 Å². The van der Waals surface area contributed by atoms with E-state index in [0.717, 1.165) is 52.9 Å². The highest BCUT2D eigenvalue weighted by atomic mass is 32.1. The molecule has 2 aliphatic heterocycles. The molecule has 2 aliphatic rings. The molecular weight excluding hydrogens is 398 g/mol. The molecular formula is C22H23N5O2S. The van der Waals surface area contributed by atoms with E-state index in [1.54, 1.807) is 6.20 Å². The number of amides is 1. The van der Waals surface area contributed by atoms with Crippen LogP contribution in [-0.2, 0) is 6.61 Å². The van der Waals surface area contributed by atoms with Crippen molar-refractivity contribution in [2.45, 2.75) is 20.5 Å². The van der Waals surface area contributed by atoms with Crippen LogP contribution in [0, 0.1) is 13.8 Å². The summed E-state index contributed by atoms with van der Waals surface area (Å²) in [4.78, 5) is 25.7. The van der Waals surface area contributed by atoms with E-state index < -0.39 is 0 Å². The summed E-state index contributed by atoms with van der Waals surface area (Å²) in [6.45, 7) is 7.71. The second kappa shape index (κ2) is 7.70. The van der Waals surface area contributed by atoms with Crippen LogP contribution in [0.4, 0.5) is 11.6 Å². The molecule has 0 bridgehead atoms. The standard InChI is InChI=1S/C22H23N5O2S/c1-13-7-14(2)9-15(8-13)25-22-24-11-17-20(26-22)16-10-18(30-19(16)12-29-17)21(28)27-5-3-23-4-6-27/h7-11,23H,3-6,12H2,1-2H3,(H,24,25,26). The zero-order valence-corrected chi connectivity index (χ0v) is 17.8. The van der Waals surface area contributed by atoms with Crippen LogP contribution in [0.3, 0.4) is 0 Å². The lowest BCUT2D eigenvalue weighted by Gasteiger charge is -2.26. The van der Waals surface area contributed by atoms with Crippen molar-refractivity contribution in [2.75, 3.05) is 31.5 Å². The van der Waals surface area contributed by atoms with Crippen molar-refractivity contribution < 1.29 is 9.53 Å². The Kier molecular flexibility index (Phi) is 4.88. The van der Waals surface area contributed by atoms with Crippen molar-refractivity contribution in [3.63, 3.8) is 0 Å². The van der Waals surface area contributed by atoms with E-state index in [2.05, 4.69) is 47.7 Å². The minimum absolute atomic E-state index is 0.0834. The summed E-state index contributed by atoms with van der Waals surface area (Å²) >= 11 is 1.50. The number of hydrogen-bond acceptors (Lipinski definition) is 7. The summed E-state index contributed by atoms with van der Waals surface area (Å²) in [5, 5.41) is 6.57. The van der Waals surface area contributed by atoms with Crippen molar-refractivity contribution in [3.05, 3.63) is 51.3 Å². The first-order chi connectivity index (χ1) is 14.6. The number of carbonyl (C=O) groups excluding carboxylic acids is 1. The molecule has 4 heterocycles. The maximum Gasteiger partial charge on any atom is 0.264 e. The van der Waals surface area contributed by atoms with Gasteiger partial charge in [0.05, 0.1) is 16.0 Å². The lowest BCUT2D eigenvalue weighted by Crippen LogP contribution is -2.46. The van der Waals surface area contributed by atoms with Crippen LogP contribution in [0.1, 0.15) is 25.7 Å². The molecule has 3 aromatic rings. The molecule has 0 atom stereocenters. The third-order valence-electron chi connectivity index (χ3n) is 5.27. The predicted molar refractivity (Wildman–Crippen MR) is 118 cm³/mol. The zero-order valence-electron chi connectivity index (χ0n) is 17.0. The number of hydrogen-bond donors (Lipinski definition) is 2. The summed E-state index contributed by atoms with van der Waals surface area (Å²) in [6, 6.07) is 8.21. The number of nitrogens with one attached hydrogen (secondary N) is 2. The van der Waals surface area contributed by atoms with Gasteiger partial charge in [0, 0.05) is 37.4 Å². The van der Waals surface area contributed by atoms with Crippen LogP contribution in [0.25, 0.3) is 11.3 Å². The van der Waals surface area contributed by atoms with E-state index in [1.807, 2.05) is 11.0 Å². The SMILES string of the molecule is Cc1cc(C)cc(Nc2ncc3c(n2)-c2cc(C(=O)N4CCNCC4)sc2CO3)c1. The minimum Gasteiger partial charge on any atom is -0.484 e. The van der Waals surface area contributed by atoms with Crippen molar-refractivity contribution in [1.29, 1.82) is 0 Å². The first kappa shape index (κ1) is 19.0. The molecule has 1 aromatic carbocycles. The summed E-state index contributed by atoms with van der Waals surface area (Å²) in [5.41, 5.74) is 4.99. The Hall–Kier alpha value is -2.97. The molecule has 0 aliphatic carbocycles. The Morgan fingerprint density at radius 2 is 1.93 bits per heavy atom. The number of nitrogens with zero attached hydrogens (tertiary/aromatic N) is 3. The van der Waals surface area contributed by atoms with Gasteiger partial charge in [0.25, 0.3) is 5.91 Å². The van der Waals surface area contributed by atoms with Crippen LogP contribution in [0.15, 0.2) is 30.5 Å². The smallest absolute Gasteiger partial charge is 0.264 e. The average molecular weight is 422 g/mol. The Morgan fingerprint density at radius 1 is 1.17 bits per heavy atom. The second-order valence-electron chi connectivity index (χ2n) is 7.69. The molecule has 154 valence electrons. The van der Waals surface area contributed by atoms with Gasteiger partial charge < -0.3 is 20.3 Å². The quantitative estimate of drug-likeness (QED) is 0.674. The Balaban J connectivity index is 1.45. The third-order valence-corrected chi connectivity index (χ3v) is 6.37. The highest BCUT2D eigenvalue weighted by Gasteiger charge is 2.27. The maximum atomic E-state index is 12.9. The number of benzene rings is 1. The van der Waals surface area contributed by atoms with E-state index in [9.17, 15) is 4.79 Å². The number of anilines is 2. The normalized spacial score (nSPS) is 15.2. The van der Waals surface area contributed by atoms with Gasteiger partial charge in [-0.05, 0) is 43.2 Å². The van der Waals surface area contributed by atoms with Crippen LogP contribution in [-0.4, -0.2) is 47.0 Å². The minimum atomic E-state index is 0.0834. The van der Waals surface area contributed by atoms with Gasteiger partial charge in [0.1, 0.15) is 12.3 Å². The number of thiophene rings is 1. The molecule has 1 fully saturated rings. The Morgan fingerprint density at radius 3 is 2.70 bits per heavy atom. The molecule has 1 amide bonds. The fourth-order valence-electron chi connectivity index (χ4n) is 3.91. The number of ether oxygens (including phenoxy) is 1. The second-order valence-corrected chi connectivity index (χ2v) is 8.82. The molecule has 2 aromatic heterocycles. The summed E-state index contributed by atoms with van der Waals surface area (Å²) in [6.07, 6.45) is 1.70. The summed E-state index contributed by atoms with van der Waals surface area (Å²) < 4.78 is 5.85. The van der Waals surface area contributed by atoms with Crippen molar-refractivity contribution in [3.8, 4) is 17.0 Å². The highest BCUT2D eigenvalue weighted by molar-refractivity contribution is 7.14. The van der Waals surface area contributed by atoms with Crippen molar-refractivity contribution in [2.24, 2.45) is 0 Å². The van der Waals surface area contributed by atoms with E-state index in [0.29, 0.717) is 18.3 Å². The van der Waals surface area contributed by atoms with Crippen LogP contribution >= 0.6 is 11.3 Å². The summed E-state index contributed by atoms with van der Waals surface area (Å²) in [7, 11) is 0. The van der Waals surface area contributed by atoms with E-state index in [-0.39, 0.29) is 5.91 Å². The number of aryl methyl sites for hydroxylation is 2. The van der Waals surface area contributed by atoms with Gasteiger partial charge in [-0.3, -0.25) is 4.79 Å². The zero-order chi connectivity index (χ0) is 20.7. The van der Waals surface area contributed by atoms with Crippen LogP contribution < -0.4 is 15.4 Å². The van der Waals surface area contributed by atoms with Crippen molar-refractivity contribution >= 4 is 28.9 Å². The molecule has 0 spiro atoms. The number of rotatable bonds is 3. The average Bonchev–Trinajstić information content (AvgIpc) is 3.18.